The van der Waals surface area contributed by atoms with Gasteiger partial charge < -0.3 is 5.32 Å². The summed E-state index contributed by atoms with van der Waals surface area (Å²) in [4.78, 5) is 0. The van der Waals surface area contributed by atoms with Gasteiger partial charge in [-0.3, -0.25) is 0 Å². The Hall–Kier alpha value is -1.84. The summed E-state index contributed by atoms with van der Waals surface area (Å²) in [7, 11) is 0. The van der Waals surface area contributed by atoms with Crippen molar-refractivity contribution >= 4 is 22.5 Å². The van der Waals surface area contributed by atoms with Crippen LogP contribution in [0.15, 0.2) is 48.7 Å². The maximum absolute atomic E-state index is 6.16. The number of halogens is 1. The van der Waals surface area contributed by atoms with Gasteiger partial charge in [-0.1, -0.05) is 42.8 Å². The van der Waals surface area contributed by atoms with Crippen LogP contribution in [0.25, 0.3) is 16.6 Å². The Bertz CT molecular complexity index is 733. The summed E-state index contributed by atoms with van der Waals surface area (Å²) in [6.45, 7) is 3.83. The Morgan fingerprint density at radius 3 is 2.90 bits per heavy atom. The molecule has 1 N–H and O–H groups in total. The smallest absolute Gasteiger partial charge is 0.0741 e. The molecule has 3 aromatic rings. The van der Waals surface area contributed by atoms with Crippen LogP contribution in [0.5, 0.6) is 0 Å². The molecule has 0 saturated carbocycles. The molecule has 0 saturated heterocycles. The van der Waals surface area contributed by atoms with Crippen LogP contribution in [0.2, 0.25) is 5.02 Å². The van der Waals surface area contributed by atoms with E-state index in [0.717, 1.165) is 34.7 Å². The number of nitrogens with zero attached hydrogens (tertiary/aromatic N) is 2. The van der Waals surface area contributed by atoms with Crippen LogP contribution in [-0.4, -0.2) is 16.3 Å². The van der Waals surface area contributed by atoms with E-state index in [9.17, 15) is 0 Å². The lowest BCUT2D eigenvalue weighted by Crippen LogP contribution is -2.14. The minimum atomic E-state index is 0.722. The zero-order chi connectivity index (χ0) is 13.9. The summed E-state index contributed by atoms with van der Waals surface area (Å²) in [6.07, 6.45) is 1.88. The molecule has 2 aromatic carbocycles. The SMILES string of the molecule is CCNCc1ccc(Cl)cc1-n1ncc2ccccc21. The molecule has 4 heteroatoms. The second-order valence-corrected chi connectivity index (χ2v) is 5.10. The second kappa shape index (κ2) is 5.65. The molecule has 0 radical (unpaired) electrons. The highest BCUT2D eigenvalue weighted by Crippen LogP contribution is 2.24. The van der Waals surface area contributed by atoms with Gasteiger partial charge in [0.1, 0.15) is 0 Å². The van der Waals surface area contributed by atoms with E-state index in [4.69, 9.17) is 11.6 Å². The van der Waals surface area contributed by atoms with E-state index in [-0.39, 0.29) is 0 Å². The molecule has 0 spiro atoms. The van der Waals surface area contributed by atoms with Gasteiger partial charge in [-0.15, -0.1) is 0 Å². The van der Waals surface area contributed by atoms with Crippen LogP contribution < -0.4 is 5.32 Å². The van der Waals surface area contributed by atoms with Gasteiger partial charge in [-0.05, 0) is 30.3 Å². The van der Waals surface area contributed by atoms with E-state index in [1.807, 2.05) is 35.1 Å². The molecule has 3 nitrogen and oxygen atoms in total. The number of nitrogens with one attached hydrogen (secondary N) is 1. The van der Waals surface area contributed by atoms with Crippen molar-refractivity contribution in [1.29, 1.82) is 0 Å². The molecule has 0 amide bonds. The number of rotatable bonds is 4. The first-order valence-corrected chi connectivity index (χ1v) is 7.09. The number of hydrogen-bond donors (Lipinski definition) is 1. The summed E-state index contributed by atoms with van der Waals surface area (Å²) < 4.78 is 1.95. The van der Waals surface area contributed by atoms with Crippen LogP contribution in [0.3, 0.4) is 0 Å². The molecular formula is C16H16ClN3. The van der Waals surface area contributed by atoms with E-state index in [1.54, 1.807) is 0 Å². The fourth-order valence-electron chi connectivity index (χ4n) is 2.31. The van der Waals surface area contributed by atoms with Gasteiger partial charge in [0.25, 0.3) is 0 Å². The Balaban J connectivity index is 2.14. The molecule has 1 heterocycles. The summed E-state index contributed by atoms with van der Waals surface area (Å²) in [5.74, 6) is 0. The van der Waals surface area contributed by atoms with Crippen LogP contribution in [0.4, 0.5) is 0 Å². The highest BCUT2D eigenvalue weighted by molar-refractivity contribution is 6.30. The average Bonchev–Trinajstić information content (AvgIpc) is 2.90. The van der Waals surface area contributed by atoms with Gasteiger partial charge in [0.15, 0.2) is 0 Å². The normalized spacial score (nSPS) is 11.1. The van der Waals surface area contributed by atoms with Crippen molar-refractivity contribution in [3.8, 4) is 5.69 Å². The Morgan fingerprint density at radius 1 is 1.20 bits per heavy atom. The lowest BCUT2D eigenvalue weighted by atomic mass is 10.1. The Kier molecular flexibility index (Phi) is 3.72. The molecule has 0 bridgehead atoms. The van der Waals surface area contributed by atoms with Crippen molar-refractivity contribution in [3.05, 3.63) is 59.2 Å². The predicted molar refractivity (Wildman–Crippen MR) is 83.5 cm³/mol. The molecule has 20 heavy (non-hydrogen) atoms. The van der Waals surface area contributed by atoms with Gasteiger partial charge in [-0.2, -0.15) is 5.10 Å². The van der Waals surface area contributed by atoms with Gasteiger partial charge >= 0.3 is 0 Å². The number of aromatic nitrogens is 2. The van der Waals surface area contributed by atoms with Crippen molar-refractivity contribution in [2.24, 2.45) is 0 Å². The molecule has 1 aromatic heterocycles. The highest BCUT2D eigenvalue weighted by Gasteiger charge is 2.09. The lowest BCUT2D eigenvalue weighted by Gasteiger charge is -2.11. The monoisotopic (exact) mass is 285 g/mol. The topological polar surface area (TPSA) is 29.9 Å². The molecule has 0 aliphatic heterocycles. The van der Waals surface area contributed by atoms with E-state index in [0.29, 0.717) is 0 Å². The van der Waals surface area contributed by atoms with Crippen LogP contribution in [0.1, 0.15) is 12.5 Å². The Morgan fingerprint density at radius 2 is 2.05 bits per heavy atom. The van der Waals surface area contributed by atoms with E-state index in [1.165, 1.54) is 5.56 Å². The fourth-order valence-corrected chi connectivity index (χ4v) is 2.47. The van der Waals surface area contributed by atoms with Gasteiger partial charge in [0, 0.05) is 17.0 Å². The zero-order valence-corrected chi connectivity index (χ0v) is 12.1. The molecule has 0 unspecified atom stereocenters. The number of benzene rings is 2. The van der Waals surface area contributed by atoms with E-state index in [2.05, 4.69) is 35.5 Å². The van der Waals surface area contributed by atoms with Gasteiger partial charge in [0.2, 0.25) is 0 Å². The minimum absolute atomic E-state index is 0.722. The molecule has 0 atom stereocenters. The first kappa shape index (κ1) is 13.2. The highest BCUT2D eigenvalue weighted by atomic mass is 35.5. The maximum atomic E-state index is 6.16. The van der Waals surface area contributed by atoms with Crippen LogP contribution in [0, 0.1) is 0 Å². The third kappa shape index (κ3) is 2.42. The number of fused-ring (bicyclic) bond motifs is 1. The molecule has 102 valence electrons. The van der Waals surface area contributed by atoms with Gasteiger partial charge in [-0.25, -0.2) is 4.68 Å². The summed E-state index contributed by atoms with van der Waals surface area (Å²) in [5.41, 5.74) is 3.30. The number of para-hydroxylation sites is 1. The van der Waals surface area contributed by atoms with Crippen molar-refractivity contribution in [3.63, 3.8) is 0 Å². The summed E-state index contributed by atoms with van der Waals surface area (Å²) >= 11 is 6.16. The first-order chi connectivity index (χ1) is 9.79. The van der Waals surface area contributed by atoms with Crippen LogP contribution in [-0.2, 0) is 6.54 Å². The standard InChI is InChI=1S/C16H16ClN3/c1-2-18-10-13-7-8-14(17)9-16(13)20-15-6-4-3-5-12(15)11-19-20/h3-9,11,18H,2,10H2,1H3. The van der Waals surface area contributed by atoms with Crippen molar-refractivity contribution < 1.29 is 0 Å². The first-order valence-electron chi connectivity index (χ1n) is 6.72. The van der Waals surface area contributed by atoms with Crippen LogP contribution >= 0.6 is 11.6 Å². The summed E-state index contributed by atoms with van der Waals surface area (Å²) in [6, 6.07) is 14.1. The minimum Gasteiger partial charge on any atom is -0.313 e. The molecular weight excluding hydrogens is 270 g/mol. The lowest BCUT2D eigenvalue weighted by molar-refractivity contribution is 0.719. The van der Waals surface area contributed by atoms with Crippen molar-refractivity contribution in [2.75, 3.05) is 6.54 Å². The summed E-state index contributed by atoms with van der Waals surface area (Å²) in [5, 5.41) is 9.70. The predicted octanol–water partition coefficient (Wildman–Crippen LogP) is 3.79. The van der Waals surface area contributed by atoms with Crippen molar-refractivity contribution in [1.82, 2.24) is 15.1 Å². The van der Waals surface area contributed by atoms with E-state index < -0.39 is 0 Å². The fraction of sp³-hybridized carbons (Fsp3) is 0.188. The molecule has 3 rings (SSSR count). The third-order valence-electron chi connectivity index (χ3n) is 3.32. The zero-order valence-electron chi connectivity index (χ0n) is 11.3. The largest absolute Gasteiger partial charge is 0.313 e. The quantitative estimate of drug-likeness (QED) is 0.790. The van der Waals surface area contributed by atoms with Gasteiger partial charge in [0.05, 0.1) is 17.4 Å². The third-order valence-corrected chi connectivity index (χ3v) is 3.55. The average molecular weight is 286 g/mol. The second-order valence-electron chi connectivity index (χ2n) is 4.67. The molecule has 0 aliphatic carbocycles. The number of hydrogen-bond acceptors (Lipinski definition) is 2. The molecule has 0 aliphatic rings. The molecule has 0 fully saturated rings. The van der Waals surface area contributed by atoms with E-state index >= 15 is 0 Å². The van der Waals surface area contributed by atoms with Crippen molar-refractivity contribution in [2.45, 2.75) is 13.5 Å². The Labute approximate surface area is 123 Å². The maximum Gasteiger partial charge on any atom is 0.0741 e.